The first-order valence-corrected chi connectivity index (χ1v) is 8.15. The maximum Gasteiger partial charge on any atom is 0.346 e. The van der Waals surface area contributed by atoms with E-state index in [0.29, 0.717) is 11.4 Å². The van der Waals surface area contributed by atoms with Gasteiger partial charge in [0.2, 0.25) is 0 Å². The van der Waals surface area contributed by atoms with Crippen molar-refractivity contribution in [2.75, 3.05) is 24.3 Å². The molecule has 0 bridgehead atoms. The molecule has 0 aliphatic rings. The maximum atomic E-state index is 12.4. The van der Waals surface area contributed by atoms with E-state index in [1.165, 1.54) is 11.3 Å². The molecule has 0 atom stereocenters. The van der Waals surface area contributed by atoms with E-state index in [1.54, 1.807) is 18.2 Å². The van der Waals surface area contributed by atoms with Gasteiger partial charge < -0.3 is 15.2 Å². The average Bonchev–Trinajstić information content (AvgIpc) is 3.09. The number of benzene rings is 1. The Morgan fingerprint density at radius 1 is 1.21 bits per heavy atom. The van der Waals surface area contributed by atoms with Crippen LogP contribution < -0.4 is 15.9 Å². The predicted molar refractivity (Wildman–Crippen MR) is 96.9 cm³/mol. The lowest BCUT2D eigenvalue weighted by Crippen LogP contribution is -2.21. The summed E-state index contributed by atoms with van der Waals surface area (Å²) >= 11 is 1.48. The summed E-state index contributed by atoms with van der Waals surface area (Å²) in [7, 11) is 3.89. The van der Waals surface area contributed by atoms with Gasteiger partial charge in [0.15, 0.2) is 0 Å². The van der Waals surface area contributed by atoms with Gasteiger partial charge in [0.1, 0.15) is 5.69 Å². The van der Waals surface area contributed by atoms with Gasteiger partial charge in [-0.25, -0.2) is 4.79 Å². The molecule has 0 saturated heterocycles. The minimum atomic E-state index is -0.547. The van der Waals surface area contributed by atoms with Crippen LogP contribution in [0.25, 0.3) is 10.6 Å². The minimum Gasteiger partial charge on any atom is -0.378 e. The van der Waals surface area contributed by atoms with Gasteiger partial charge in [-0.2, -0.15) is 4.98 Å². The van der Waals surface area contributed by atoms with Crippen LogP contribution in [0.4, 0.5) is 11.4 Å². The highest BCUT2D eigenvalue weighted by Crippen LogP contribution is 2.22. The molecule has 6 nitrogen and oxygen atoms in total. The van der Waals surface area contributed by atoms with Crippen LogP contribution in [0, 0.1) is 0 Å². The first-order valence-electron chi connectivity index (χ1n) is 7.27. The molecule has 1 aromatic carbocycles. The van der Waals surface area contributed by atoms with Gasteiger partial charge in [-0.3, -0.25) is 4.79 Å². The van der Waals surface area contributed by atoms with Gasteiger partial charge in [0, 0.05) is 25.5 Å². The molecule has 3 rings (SSSR count). The lowest BCUT2D eigenvalue weighted by Gasteiger charge is -2.13. The first-order chi connectivity index (χ1) is 11.5. The molecule has 0 unspecified atom stereocenters. The minimum absolute atomic E-state index is 0.0823. The summed E-state index contributed by atoms with van der Waals surface area (Å²) in [6.07, 6.45) is 0. The smallest absolute Gasteiger partial charge is 0.346 e. The Balaban J connectivity index is 1.83. The van der Waals surface area contributed by atoms with Crippen molar-refractivity contribution >= 4 is 28.6 Å². The zero-order valence-corrected chi connectivity index (χ0v) is 14.1. The Kier molecular flexibility index (Phi) is 4.43. The van der Waals surface area contributed by atoms with Crippen LogP contribution >= 0.6 is 11.3 Å². The number of hydrogen-bond acceptors (Lipinski definition) is 5. The number of aromatic nitrogens is 2. The molecule has 0 aliphatic heterocycles. The van der Waals surface area contributed by atoms with E-state index >= 15 is 0 Å². The summed E-state index contributed by atoms with van der Waals surface area (Å²) < 4.78 is 0. The monoisotopic (exact) mass is 340 g/mol. The van der Waals surface area contributed by atoms with Crippen molar-refractivity contribution in [3.8, 4) is 10.6 Å². The third kappa shape index (κ3) is 3.52. The molecule has 0 radical (unpaired) electrons. The largest absolute Gasteiger partial charge is 0.378 e. The molecule has 2 aromatic heterocycles. The number of anilines is 2. The third-order valence-corrected chi connectivity index (χ3v) is 4.31. The van der Waals surface area contributed by atoms with Crippen LogP contribution in [-0.2, 0) is 0 Å². The molecule has 2 heterocycles. The molecule has 2 N–H and O–H groups in total. The summed E-state index contributed by atoms with van der Waals surface area (Å²) in [6, 6.07) is 12.7. The average molecular weight is 340 g/mol. The SMILES string of the molecule is CN(C)c1ccc(NC(=O)c2cc(-c3cccs3)[nH]c(=O)n2)cc1. The number of hydrogen-bond donors (Lipinski definition) is 2. The fourth-order valence-electron chi connectivity index (χ4n) is 2.18. The lowest BCUT2D eigenvalue weighted by atomic mass is 10.2. The van der Waals surface area contributed by atoms with E-state index in [1.807, 2.05) is 48.6 Å². The van der Waals surface area contributed by atoms with Crippen molar-refractivity contribution in [1.82, 2.24) is 9.97 Å². The Bertz CT molecular complexity index is 899. The van der Waals surface area contributed by atoms with Crippen LogP contribution in [0.2, 0.25) is 0 Å². The van der Waals surface area contributed by atoms with Crippen LogP contribution in [0.5, 0.6) is 0 Å². The Labute approximate surface area is 142 Å². The first kappa shape index (κ1) is 15.9. The van der Waals surface area contributed by atoms with E-state index in [4.69, 9.17) is 0 Å². The van der Waals surface area contributed by atoms with Crippen LogP contribution in [0.15, 0.2) is 52.6 Å². The molecular formula is C17H16N4O2S. The van der Waals surface area contributed by atoms with Crippen molar-refractivity contribution in [2.45, 2.75) is 0 Å². The van der Waals surface area contributed by atoms with E-state index in [2.05, 4.69) is 15.3 Å². The number of H-pyrrole nitrogens is 1. The zero-order chi connectivity index (χ0) is 17.1. The second-order valence-electron chi connectivity index (χ2n) is 5.36. The van der Waals surface area contributed by atoms with Crippen molar-refractivity contribution in [1.29, 1.82) is 0 Å². The van der Waals surface area contributed by atoms with Crippen LogP contribution in [0.1, 0.15) is 10.5 Å². The molecule has 0 fully saturated rings. The van der Waals surface area contributed by atoms with Crippen molar-refractivity contribution < 1.29 is 4.79 Å². The fraction of sp³-hybridized carbons (Fsp3) is 0.118. The van der Waals surface area contributed by atoms with Crippen LogP contribution in [0.3, 0.4) is 0 Å². The molecule has 1 amide bonds. The summed E-state index contributed by atoms with van der Waals surface area (Å²) in [6.45, 7) is 0. The van der Waals surface area contributed by atoms with E-state index in [-0.39, 0.29) is 5.69 Å². The summed E-state index contributed by atoms with van der Waals surface area (Å²) in [5.41, 5.74) is 1.79. The lowest BCUT2D eigenvalue weighted by molar-refractivity contribution is 0.102. The maximum absolute atomic E-state index is 12.4. The quantitative estimate of drug-likeness (QED) is 0.765. The summed E-state index contributed by atoms with van der Waals surface area (Å²) in [5, 5.41) is 4.66. The number of rotatable bonds is 4. The van der Waals surface area contributed by atoms with Gasteiger partial charge in [0.05, 0.1) is 10.6 Å². The van der Waals surface area contributed by atoms with Crippen molar-refractivity contribution in [3.63, 3.8) is 0 Å². The molecule has 0 saturated carbocycles. The molecule has 122 valence electrons. The zero-order valence-electron chi connectivity index (χ0n) is 13.2. The Morgan fingerprint density at radius 2 is 1.96 bits per heavy atom. The molecule has 0 aliphatic carbocycles. The normalized spacial score (nSPS) is 10.4. The second-order valence-corrected chi connectivity index (χ2v) is 6.31. The topological polar surface area (TPSA) is 78.1 Å². The number of thiophene rings is 1. The Hall–Kier alpha value is -2.93. The number of aromatic amines is 1. The van der Waals surface area contributed by atoms with Crippen LogP contribution in [-0.4, -0.2) is 30.0 Å². The second kappa shape index (κ2) is 6.67. The van der Waals surface area contributed by atoms with Gasteiger partial charge in [-0.1, -0.05) is 6.07 Å². The standard InChI is InChI=1S/C17H16N4O2S/c1-21(2)12-7-5-11(6-8-12)18-16(22)14-10-13(19-17(23)20-14)15-4-3-9-24-15/h3-10H,1-2H3,(H,18,22)(H,19,20,23). The van der Waals surface area contributed by atoms with E-state index < -0.39 is 11.6 Å². The van der Waals surface area contributed by atoms with E-state index in [9.17, 15) is 9.59 Å². The number of carbonyl (C=O) groups excluding carboxylic acids is 1. The van der Waals surface area contributed by atoms with E-state index in [0.717, 1.165) is 10.6 Å². The van der Waals surface area contributed by atoms with Crippen molar-refractivity contribution in [3.05, 3.63) is 64.0 Å². The number of amides is 1. The Morgan fingerprint density at radius 3 is 2.58 bits per heavy atom. The highest BCUT2D eigenvalue weighted by atomic mass is 32.1. The number of nitrogens with zero attached hydrogens (tertiary/aromatic N) is 2. The molecule has 0 spiro atoms. The third-order valence-electron chi connectivity index (χ3n) is 3.41. The fourth-order valence-corrected chi connectivity index (χ4v) is 2.87. The molecular weight excluding hydrogens is 324 g/mol. The summed E-state index contributed by atoms with van der Waals surface area (Å²) in [5.74, 6) is -0.420. The van der Waals surface area contributed by atoms with Gasteiger partial charge in [-0.05, 0) is 41.8 Å². The molecule has 3 aromatic rings. The number of carbonyl (C=O) groups is 1. The highest BCUT2D eigenvalue weighted by Gasteiger charge is 2.12. The van der Waals surface area contributed by atoms with Crippen molar-refractivity contribution in [2.24, 2.45) is 0 Å². The van der Waals surface area contributed by atoms with Gasteiger partial charge in [0.25, 0.3) is 5.91 Å². The van der Waals surface area contributed by atoms with Gasteiger partial charge >= 0.3 is 5.69 Å². The molecule has 7 heteroatoms. The predicted octanol–water partition coefficient (Wildman–Crippen LogP) is 2.82. The molecule has 24 heavy (non-hydrogen) atoms. The highest BCUT2D eigenvalue weighted by molar-refractivity contribution is 7.13. The van der Waals surface area contributed by atoms with Gasteiger partial charge in [-0.15, -0.1) is 11.3 Å². The summed E-state index contributed by atoms with van der Waals surface area (Å²) in [4.78, 5) is 33.4. The number of nitrogens with one attached hydrogen (secondary N) is 2.